The predicted octanol–water partition coefficient (Wildman–Crippen LogP) is 13.8. The molecule has 250 valence electrons. The van der Waals surface area contributed by atoms with Crippen LogP contribution in [0.5, 0.6) is 0 Å². The van der Waals surface area contributed by atoms with Crippen molar-refractivity contribution in [2.24, 2.45) is 0 Å². The molecule has 0 radical (unpaired) electrons. The first-order chi connectivity index (χ1) is 25.6. The van der Waals surface area contributed by atoms with Crippen LogP contribution in [0, 0.1) is 13.8 Å². The summed E-state index contributed by atoms with van der Waals surface area (Å²) in [5.74, 6) is 0. The molecular weight excluding hydrogens is 625 g/mol. The molecule has 7 aromatic rings. The third kappa shape index (κ3) is 8.62. The Morgan fingerprint density at radius 1 is 0.308 bits per heavy atom. The van der Waals surface area contributed by atoms with Crippen molar-refractivity contribution in [3.05, 3.63) is 249 Å². The van der Waals surface area contributed by atoms with Gasteiger partial charge in [-0.05, 0) is 104 Å². The quantitative estimate of drug-likeness (QED) is 0.127. The lowest BCUT2D eigenvalue weighted by molar-refractivity contribution is 1.36. The van der Waals surface area contributed by atoms with Crippen LogP contribution in [0.4, 0.5) is 0 Å². The van der Waals surface area contributed by atoms with Gasteiger partial charge >= 0.3 is 0 Å². The lowest BCUT2D eigenvalue weighted by Gasteiger charge is -2.09. The van der Waals surface area contributed by atoms with E-state index in [1.165, 1.54) is 77.9 Å². The number of benzene rings is 7. The Bertz CT molecular complexity index is 2080. The summed E-state index contributed by atoms with van der Waals surface area (Å²) in [7, 11) is 0. The van der Waals surface area contributed by atoms with Crippen molar-refractivity contribution in [2.45, 2.75) is 13.8 Å². The molecule has 0 amide bonds. The minimum absolute atomic E-state index is 1.18. The van der Waals surface area contributed by atoms with Crippen molar-refractivity contribution in [3.63, 3.8) is 0 Å². The van der Waals surface area contributed by atoms with Crippen LogP contribution in [0.15, 0.2) is 182 Å². The van der Waals surface area contributed by atoms with Crippen molar-refractivity contribution in [2.75, 3.05) is 0 Å². The van der Waals surface area contributed by atoms with Gasteiger partial charge in [-0.3, -0.25) is 0 Å². The maximum Gasteiger partial charge on any atom is -0.0105 e. The van der Waals surface area contributed by atoms with Gasteiger partial charge in [-0.15, -0.1) is 0 Å². The van der Waals surface area contributed by atoms with Gasteiger partial charge in [-0.1, -0.05) is 206 Å². The van der Waals surface area contributed by atoms with Gasteiger partial charge in [-0.25, -0.2) is 0 Å². The molecule has 0 spiro atoms. The molecule has 0 N–H and O–H groups in total. The van der Waals surface area contributed by atoms with E-state index in [2.05, 4.69) is 232 Å². The highest BCUT2D eigenvalue weighted by Gasteiger charge is 2.07. The Labute approximate surface area is 309 Å². The molecule has 0 heteroatoms. The lowest BCUT2D eigenvalue weighted by Crippen LogP contribution is -1.89. The first-order valence-electron chi connectivity index (χ1n) is 17.9. The smallest absolute Gasteiger partial charge is 0.0105 e. The van der Waals surface area contributed by atoms with Gasteiger partial charge in [-0.2, -0.15) is 0 Å². The summed E-state index contributed by atoms with van der Waals surface area (Å²) in [6.45, 7) is 4.38. The van der Waals surface area contributed by atoms with E-state index >= 15 is 0 Å². The van der Waals surface area contributed by atoms with Gasteiger partial charge < -0.3 is 0 Å². The maximum atomic E-state index is 2.29. The van der Waals surface area contributed by atoms with E-state index in [0.29, 0.717) is 0 Å². The van der Waals surface area contributed by atoms with Crippen LogP contribution in [-0.2, 0) is 0 Å². The maximum absolute atomic E-state index is 2.29. The van der Waals surface area contributed by atoms with Crippen molar-refractivity contribution in [1.82, 2.24) is 0 Å². The molecule has 0 aliphatic rings. The Morgan fingerprint density at radius 3 is 0.865 bits per heavy atom. The zero-order chi connectivity index (χ0) is 35.5. The summed E-state index contributed by atoms with van der Waals surface area (Å²) in [5.41, 5.74) is 17.0. The molecule has 0 aliphatic carbocycles. The fourth-order valence-corrected chi connectivity index (χ4v) is 6.47. The molecule has 52 heavy (non-hydrogen) atoms. The van der Waals surface area contributed by atoms with Crippen LogP contribution in [-0.4, -0.2) is 0 Å². The Kier molecular flexibility index (Phi) is 10.8. The average Bonchev–Trinajstić information content (AvgIpc) is 3.21. The topological polar surface area (TPSA) is 0 Å². The summed E-state index contributed by atoms with van der Waals surface area (Å²) in [5, 5.41) is 0. The first kappa shape index (κ1) is 34.0. The van der Waals surface area contributed by atoms with Crippen LogP contribution in [0.3, 0.4) is 0 Å². The van der Waals surface area contributed by atoms with Gasteiger partial charge in [0.2, 0.25) is 0 Å². The second-order valence-electron chi connectivity index (χ2n) is 13.1. The molecule has 0 aliphatic heterocycles. The highest BCUT2D eigenvalue weighted by molar-refractivity contribution is 5.92. The molecule has 0 saturated heterocycles. The van der Waals surface area contributed by atoms with E-state index in [4.69, 9.17) is 0 Å². The van der Waals surface area contributed by atoms with E-state index < -0.39 is 0 Å². The third-order valence-corrected chi connectivity index (χ3v) is 9.40. The summed E-state index contributed by atoms with van der Waals surface area (Å²) in [4.78, 5) is 0. The largest absolute Gasteiger partial charge is 0.0622 e. The van der Waals surface area contributed by atoms with Gasteiger partial charge in [0.05, 0.1) is 0 Å². The highest BCUT2D eigenvalue weighted by atomic mass is 14.1. The SMILES string of the molecule is Cc1cc(/C=C/c2ccc(C=C(c3ccccc3)c3ccccc3)cc2)c(C)cc1/C=C/c1ccc(C=C(c2ccccc2)c2ccccc2)cc1. The summed E-state index contributed by atoms with van der Waals surface area (Å²) in [6, 6.07) is 64.6. The van der Waals surface area contributed by atoms with Gasteiger partial charge in [0.15, 0.2) is 0 Å². The van der Waals surface area contributed by atoms with Crippen LogP contribution in [0.1, 0.15) is 66.8 Å². The van der Waals surface area contributed by atoms with Crippen LogP contribution in [0.25, 0.3) is 47.6 Å². The number of aryl methyl sites for hydroxylation is 2. The summed E-state index contributed by atoms with van der Waals surface area (Å²) >= 11 is 0. The first-order valence-corrected chi connectivity index (χ1v) is 17.9. The summed E-state index contributed by atoms with van der Waals surface area (Å²) in [6.07, 6.45) is 13.4. The zero-order valence-corrected chi connectivity index (χ0v) is 29.8. The minimum Gasteiger partial charge on any atom is -0.0622 e. The van der Waals surface area contributed by atoms with Crippen LogP contribution in [0.2, 0.25) is 0 Å². The van der Waals surface area contributed by atoms with E-state index in [9.17, 15) is 0 Å². The molecule has 7 rings (SSSR count). The molecule has 0 nitrogen and oxygen atoms in total. The molecule has 0 heterocycles. The van der Waals surface area contributed by atoms with Crippen LogP contribution < -0.4 is 0 Å². The molecule has 0 fully saturated rings. The Morgan fingerprint density at radius 2 is 0.577 bits per heavy atom. The normalized spacial score (nSPS) is 11.1. The highest BCUT2D eigenvalue weighted by Crippen LogP contribution is 2.28. The molecule has 7 aromatic carbocycles. The Hall–Kier alpha value is -6.50. The van der Waals surface area contributed by atoms with Crippen LogP contribution >= 0.6 is 0 Å². The van der Waals surface area contributed by atoms with Gasteiger partial charge in [0, 0.05) is 0 Å². The molecular formula is C52H42. The minimum atomic E-state index is 1.18. The van der Waals surface area contributed by atoms with Gasteiger partial charge in [0.1, 0.15) is 0 Å². The number of rotatable bonds is 10. The van der Waals surface area contributed by atoms with Crippen molar-refractivity contribution < 1.29 is 0 Å². The Balaban J connectivity index is 1.04. The van der Waals surface area contributed by atoms with E-state index in [1.54, 1.807) is 0 Å². The number of hydrogen-bond donors (Lipinski definition) is 0. The molecule has 0 saturated carbocycles. The molecule has 0 bridgehead atoms. The monoisotopic (exact) mass is 666 g/mol. The van der Waals surface area contributed by atoms with E-state index in [-0.39, 0.29) is 0 Å². The molecule has 0 aromatic heterocycles. The third-order valence-electron chi connectivity index (χ3n) is 9.40. The number of hydrogen-bond acceptors (Lipinski definition) is 0. The zero-order valence-electron chi connectivity index (χ0n) is 29.8. The second kappa shape index (κ2) is 16.5. The van der Waals surface area contributed by atoms with Crippen molar-refractivity contribution >= 4 is 47.6 Å². The van der Waals surface area contributed by atoms with Gasteiger partial charge in [0.25, 0.3) is 0 Å². The van der Waals surface area contributed by atoms with E-state index in [1.807, 2.05) is 0 Å². The second-order valence-corrected chi connectivity index (χ2v) is 13.1. The predicted molar refractivity (Wildman–Crippen MR) is 226 cm³/mol. The fraction of sp³-hybridized carbons (Fsp3) is 0.0385. The van der Waals surface area contributed by atoms with Crippen molar-refractivity contribution in [1.29, 1.82) is 0 Å². The van der Waals surface area contributed by atoms with E-state index in [0.717, 1.165) is 0 Å². The fourth-order valence-electron chi connectivity index (χ4n) is 6.47. The summed E-state index contributed by atoms with van der Waals surface area (Å²) < 4.78 is 0. The standard InChI is InChI=1S/C52H42/c1-39-35-50(34-32-42-25-29-44(30-26-42)38-52(47-19-11-5-12-20-47)48-21-13-6-14-22-48)40(2)36-49(39)33-31-41-23-27-43(28-24-41)37-51(45-15-7-3-8-16-45)46-17-9-4-10-18-46/h3-38H,1-2H3/b33-31+,34-32+. The molecule has 0 atom stereocenters. The average molecular weight is 667 g/mol. The molecule has 0 unspecified atom stereocenters. The van der Waals surface area contributed by atoms with Crippen molar-refractivity contribution in [3.8, 4) is 0 Å². The lowest BCUT2D eigenvalue weighted by atomic mass is 9.95.